The lowest BCUT2D eigenvalue weighted by Gasteiger charge is -2.06. The van der Waals surface area contributed by atoms with Crippen LogP contribution in [0.5, 0.6) is 17.2 Å². The smallest absolute Gasteiger partial charge is 0.229 e. The second kappa shape index (κ2) is 7.36. The number of benzene rings is 2. The van der Waals surface area contributed by atoms with Crippen LogP contribution in [0.3, 0.4) is 0 Å². The summed E-state index contributed by atoms with van der Waals surface area (Å²) in [4.78, 5) is 20.7. The van der Waals surface area contributed by atoms with Gasteiger partial charge in [0.2, 0.25) is 5.91 Å². The predicted octanol–water partition coefficient (Wildman–Crippen LogP) is 4.94. The fourth-order valence-electron chi connectivity index (χ4n) is 2.94. The van der Waals surface area contributed by atoms with Gasteiger partial charge in [-0.05, 0) is 36.4 Å². The Hall–Kier alpha value is -3.93. The van der Waals surface area contributed by atoms with Gasteiger partial charge in [0.05, 0.1) is 17.3 Å². The summed E-state index contributed by atoms with van der Waals surface area (Å²) in [5, 5.41) is 11.0. The van der Waals surface area contributed by atoms with Crippen molar-refractivity contribution in [2.24, 2.45) is 4.99 Å². The number of hydrogen-bond acceptors (Lipinski definition) is 5. The Morgan fingerprint density at radius 1 is 1.07 bits per heavy atom. The quantitative estimate of drug-likeness (QED) is 0.515. The van der Waals surface area contributed by atoms with Crippen LogP contribution in [0.4, 0.5) is 5.69 Å². The van der Waals surface area contributed by atoms with Gasteiger partial charge in [0.25, 0.3) is 0 Å². The van der Waals surface area contributed by atoms with Gasteiger partial charge in [0, 0.05) is 19.2 Å². The Bertz CT molecular complexity index is 1180. The monoisotopic (exact) mass is 371 g/mol. The molecule has 0 spiro atoms. The topological polar surface area (TPSA) is 76.7 Å². The molecular weight excluding hydrogens is 354 g/mol. The van der Waals surface area contributed by atoms with Crippen molar-refractivity contribution in [2.45, 2.75) is 6.92 Å². The van der Waals surface area contributed by atoms with E-state index in [4.69, 9.17) is 4.74 Å². The molecule has 0 aliphatic rings. The first kappa shape index (κ1) is 17.5. The van der Waals surface area contributed by atoms with Crippen LogP contribution in [0, 0.1) is 0 Å². The van der Waals surface area contributed by atoms with Gasteiger partial charge in [-0.15, -0.1) is 0 Å². The third-order valence-electron chi connectivity index (χ3n) is 4.18. The molecule has 6 nitrogen and oxygen atoms in total. The van der Waals surface area contributed by atoms with Crippen molar-refractivity contribution in [3.8, 4) is 17.2 Å². The lowest BCUT2D eigenvalue weighted by Crippen LogP contribution is -2.09. The van der Waals surface area contributed by atoms with Crippen molar-refractivity contribution in [2.75, 3.05) is 0 Å². The lowest BCUT2D eigenvalue weighted by atomic mass is 10.3. The van der Waals surface area contributed by atoms with Crippen LogP contribution < -0.4 is 4.74 Å². The number of rotatable bonds is 4. The van der Waals surface area contributed by atoms with Gasteiger partial charge < -0.3 is 9.84 Å². The molecule has 0 amide bonds. The summed E-state index contributed by atoms with van der Waals surface area (Å²) < 4.78 is 7.16. The highest BCUT2D eigenvalue weighted by atomic mass is 16.5. The van der Waals surface area contributed by atoms with E-state index in [9.17, 15) is 9.90 Å². The second-order valence-electron chi connectivity index (χ2n) is 6.13. The molecule has 138 valence electrons. The number of aromatic nitrogens is 2. The summed E-state index contributed by atoms with van der Waals surface area (Å²) in [6.07, 6.45) is 3.03. The van der Waals surface area contributed by atoms with Crippen LogP contribution in [-0.4, -0.2) is 26.8 Å². The number of carbonyl (C=O) groups excluding carboxylic acids is 1. The van der Waals surface area contributed by atoms with Crippen molar-refractivity contribution in [1.29, 1.82) is 0 Å². The normalized spacial score (nSPS) is 11.2. The molecule has 1 N–H and O–H groups in total. The molecule has 2 aromatic heterocycles. The third kappa shape index (κ3) is 3.35. The molecule has 28 heavy (non-hydrogen) atoms. The minimum atomic E-state index is -0.258. The molecular formula is C22H17N3O3. The number of ether oxygens (including phenoxy) is 1. The zero-order chi connectivity index (χ0) is 19.5. The highest BCUT2D eigenvalue weighted by Gasteiger charge is 2.18. The van der Waals surface area contributed by atoms with Crippen molar-refractivity contribution in [3.05, 3.63) is 78.6 Å². The standard InChI is InChI=1S/C22H17N3O3/c1-15(26)25-20(21(27)19-11-6-12-23-22(19)25)14-24-16-7-5-10-18(13-16)28-17-8-3-2-4-9-17/h2-14,27H,1H3. The molecule has 0 radical (unpaired) electrons. The molecule has 0 aliphatic carbocycles. The van der Waals surface area contributed by atoms with Crippen LogP contribution in [0.1, 0.15) is 17.4 Å². The first-order valence-corrected chi connectivity index (χ1v) is 8.70. The van der Waals surface area contributed by atoms with Gasteiger partial charge in [-0.1, -0.05) is 24.3 Å². The first-order valence-electron chi connectivity index (χ1n) is 8.70. The number of pyridine rings is 1. The van der Waals surface area contributed by atoms with E-state index < -0.39 is 0 Å². The zero-order valence-electron chi connectivity index (χ0n) is 15.1. The largest absolute Gasteiger partial charge is 0.505 e. The maximum atomic E-state index is 12.1. The molecule has 0 bridgehead atoms. The summed E-state index contributed by atoms with van der Waals surface area (Å²) in [5.74, 6) is 1.08. The van der Waals surface area contributed by atoms with Crippen LogP contribution in [0.15, 0.2) is 77.9 Å². The zero-order valence-corrected chi connectivity index (χ0v) is 15.1. The van der Waals surface area contributed by atoms with Gasteiger partial charge in [-0.3, -0.25) is 14.4 Å². The third-order valence-corrected chi connectivity index (χ3v) is 4.18. The number of fused-ring (bicyclic) bond motifs is 1. The van der Waals surface area contributed by atoms with E-state index in [1.165, 1.54) is 17.7 Å². The summed E-state index contributed by atoms with van der Waals surface area (Å²) in [5.41, 5.74) is 1.31. The number of para-hydroxylation sites is 1. The maximum absolute atomic E-state index is 12.1. The van der Waals surface area contributed by atoms with E-state index in [0.717, 1.165) is 5.75 Å². The van der Waals surface area contributed by atoms with Gasteiger partial charge in [-0.25, -0.2) is 4.98 Å². The molecule has 0 aliphatic heterocycles. The van der Waals surface area contributed by atoms with Crippen LogP contribution in [0.25, 0.3) is 11.0 Å². The number of carbonyl (C=O) groups is 1. The molecule has 2 heterocycles. The Balaban J connectivity index is 1.68. The average molecular weight is 371 g/mol. The SMILES string of the molecule is CC(=O)n1c(C=Nc2cccc(Oc3ccccc3)c2)c(O)c2cccnc21. The Labute approximate surface area is 161 Å². The molecule has 6 heteroatoms. The van der Waals surface area contributed by atoms with Gasteiger partial charge >= 0.3 is 0 Å². The molecule has 0 unspecified atom stereocenters. The lowest BCUT2D eigenvalue weighted by molar-refractivity contribution is 0.0940. The number of aromatic hydroxyl groups is 1. The number of hydrogen-bond donors (Lipinski definition) is 1. The van der Waals surface area contributed by atoms with Gasteiger partial charge in [0.1, 0.15) is 17.2 Å². The average Bonchev–Trinajstić information content (AvgIpc) is 3.00. The van der Waals surface area contributed by atoms with Crippen LogP contribution >= 0.6 is 0 Å². The molecule has 0 atom stereocenters. The van der Waals surface area contributed by atoms with Crippen molar-refractivity contribution in [3.63, 3.8) is 0 Å². The molecule has 0 saturated heterocycles. The second-order valence-corrected chi connectivity index (χ2v) is 6.13. The van der Waals surface area contributed by atoms with Crippen molar-refractivity contribution < 1.29 is 14.6 Å². The minimum absolute atomic E-state index is 0.0289. The number of aliphatic imine (C=N–C) groups is 1. The maximum Gasteiger partial charge on any atom is 0.229 e. The Morgan fingerprint density at radius 2 is 1.86 bits per heavy atom. The highest BCUT2D eigenvalue weighted by molar-refractivity contribution is 6.03. The molecule has 0 fully saturated rings. The van der Waals surface area contributed by atoms with Gasteiger partial charge in [-0.2, -0.15) is 0 Å². The summed E-state index contributed by atoms with van der Waals surface area (Å²) in [6, 6.07) is 20.1. The van der Waals surface area contributed by atoms with E-state index in [1.54, 1.807) is 24.4 Å². The van der Waals surface area contributed by atoms with E-state index in [0.29, 0.717) is 22.5 Å². The Kier molecular flexibility index (Phi) is 4.60. The summed E-state index contributed by atoms with van der Waals surface area (Å²) >= 11 is 0. The van der Waals surface area contributed by atoms with E-state index in [1.807, 2.05) is 48.5 Å². The molecule has 0 saturated carbocycles. The first-order chi connectivity index (χ1) is 13.6. The highest BCUT2D eigenvalue weighted by Crippen LogP contribution is 2.31. The molecule has 2 aromatic carbocycles. The van der Waals surface area contributed by atoms with E-state index in [2.05, 4.69) is 9.98 Å². The molecule has 4 rings (SSSR count). The Morgan fingerprint density at radius 3 is 2.64 bits per heavy atom. The minimum Gasteiger partial charge on any atom is -0.505 e. The summed E-state index contributed by atoms with van der Waals surface area (Å²) in [6.45, 7) is 1.42. The predicted molar refractivity (Wildman–Crippen MR) is 108 cm³/mol. The molecule has 4 aromatic rings. The number of nitrogens with zero attached hydrogens (tertiary/aromatic N) is 3. The van der Waals surface area contributed by atoms with Crippen LogP contribution in [-0.2, 0) is 0 Å². The summed E-state index contributed by atoms with van der Waals surface area (Å²) in [7, 11) is 0. The van der Waals surface area contributed by atoms with E-state index in [-0.39, 0.29) is 17.4 Å². The van der Waals surface area contributed by atoms with Crippen molar-refractivity contribution in [1.82, 2.24) is 9.55 Å². The van der Waals surface area contributed by atoms with Gasteiger partial charge in [0.15, 0.2) is 11.4 Å². The fraction of sp³-hybridized carbons (Fsp3) is 0.0455. The van der Waals surface area contributed by atoms with E-state index >= 15 is 0 Å². The van der Waals surface area contributed by atoms with Crippen LogP contribution in [0.2, 0.25) is 0 Å². The van der Waals surface area contributed by atoms with Crippen molar-refractivity contribution >= 4 is 28.8 Å². The fourth-order valence-corrected chi connectivity index (χ4v) is 2.94.